The number of fused-ring (bicyclic) bond motifs is 6. The van der Waals surface area contributed by atoms with E-state index in [0.717, 1.165) is 34.3 Å². The number of aliphatic carboxylic acids is 1. The van der Waals surface area contributed by atoms with Gasteiger partial charge in [0, 0.05) is 5.41 Å². The van der Waals surface area contributed by atoms with E-state index in [9.17, 15) is 28.5 Å². The summed E-state index contributed by atoms with van der Waals surface area (Å²) in [6.07, 6.45) is 7.19. The molecule has 0 unspecified atom stereocenters. The summed E-state index contributed by atoms with van der Waals surface area (Å²) in [5.41, 5.74) is -0.446. The molecule has 3 fully saturated rings. The smallest absolute Gasteiger partial charge is 0.336 e. The topological polar surface area (TPSA) is 130 Å². The first kappa shape index (κ1) is 21.2. The summed E-state index contributed by atoms with van der Waals surface area (Å²) < 4.78 is 25.3. The summed E-state index contributed by atoms with van der Waals surface area (Å²) in [6.45, 7) is 3.97. The van der Waals surface area contributed by atoms with Crippen molar-refractivity contribution >= 4 is 22.1 Å². The zero-order chi connectivity index (χ0) is 22.6. The van der Waals surface area contributed by atoms with Crippen LogP contribution in [0.2, 0.25) is 0 Å². The molecule has 0 radical (unpaired) electrons. The van der Waals surface area contributed by atoms with Crippen molar-refractivity contribution in [1.82, 2.24) is 9.19 Å². The molecule has 170 valence electrons. The maximum Gasteiger partial charge on any atom is 0.336 e. The lowest BCUT2D eigenvalue weighted by Gasteiger charge is -2.60. The highest BCUT2D eigenvalue weighted by molar-refractivity contribution is 7.89. The van der Waals surface area contributed by atoms with Crippen LogP contribution in [0.1, 0.15) is 57.2 Å². The summed E-state index contributed by atoms with van der Waals surface area (Å²) in [5.74, 6) is -1.13. The SMILES string of the molecule is C[C@]12Cc3cnn(S(C)(=O)=O)c3C=C1CC[C@@H]1[C@@H]2[C@@H](O)C[C@@]2(C)[C@H]1CC[C@]2(O)C(=O)O. The van der Waals surface area contributed by atoms with Gasteiger partial charge in [-0.05, 0) is 73.3 Å². The van der Waals surface area contributed by atoms with Crippen LogP contribution in [0.5, 0.6) is 0 Å². The third-order valence-corrected chi connectivity index (χ3v) is 10.1. The van der Waals surface area contributed by atoms with Gasteiger partial charge in [-0.15, -0.1) is 0 Å². The van der Waals surface area contributed by atoms with Crippen molar-refractivity contribution in [2.75, 3.05) is 6.26 Å². The monoisotopic (exact) mass is 450 g/mol. The molecule has 5 rings (SSSR count). The minimum absolute atomic E-state index is 0.0283. The first-order valence-electron chi connectivity index (χ1n) is 11.0. The second-order valence-electron chi connectivity index (χ2n) is 10.7. The van der Waals surface area contributed by atoms with Crippen LogP contribution in [0.15, 0.2) is 11.8 Å². The van der Waals surface area contributed by atoms with Crippen molar-refractivity contribution in [2.24, 2.45) is 28.6 Å². The molecule has 31 heavy (non-hydrogen) atoms. The van der Waals surface area contributed by atoms with Crippen LogP contribution in [0, 0.1) is 28.6 Å². The summed E-state index contributed by atoms with van der Waals surface area (Å²) >= 11 is 0. The molecule has 1 aromatic heterocycles. The van der Waals surface area contributed by atoms with Gasteiger partial charge in [0.05, 0.1) is 24.3 Å². The van der Waals surface area contributed by atoms with E-state index in [4.69, 9.17) is 0 Å². The molecule has 4 aliphatic rings. The second kappa shape index (κ2) is 6.20. The minimum atomic E-state index is -3.51. The third-order valence-electron chi connectivity index (χ3n) is 9.21. The maximum atomic E-state index is 12.1. The molecule has 7 atom stereocenters. The molecule has 0 amide bonds. The van der Waals surface area contributed by atoms with Crippen molar-refractivity contribution < 1.29 is 28.5 Å². The Hall–Kier alpha value is -1.71. The number of hydrogen-bond acceptors (Lipinski definition) is 6. The van der Waals surface area contributed by atoms with Crippen LogP contribution in [-0.4, -0.2) is 56.9 Å². The zero-order valence-electron chi connectivity index (χ0n) is 18.1. The number of carboxylic acid groups (broad SMARTS) is 1. The van der Waals surface area contributed by atoms with Crippen LogP contribution in [0.3, 0.4) is 0 Å². The Morgan fingerprint density at radius 1 is 1.29 bits per heavy atom. The van der Waals surface area contributed by atoms with Gasteiger partial charge < -0.3 is 15.3 Å². The Kier molecular flexibility index (Phi) is 4.23. The van der Waals surface area contributed by atoms with E-state index in [1.54, 1.807) is 6.20 Å². The summed E-state index contributed by atoms with van der Waals surface area (Å²) in [5, 5.41) is 36.3. The zero-order valence-corrected chi connectivity index (χ0v) is 18.9. The molecule has 8 nitrogen and oxygen atoms in total. The maximum absolute atomic E-state index is 12.1. The third kappa shape index (κ3) is 2.57. The average molecular weight is 451 g/mol. The normalized spacial score (nSPS) is 44.0. The molecular weight excluding hydrogens is 420 g/mol. The Morgan fingerprint density at radius 3 is 2.65 bits per heavy atom. The number of aliphatic hydroxyl groups excluding tert-OH is 1. The predicted molar refractivity (Wildman–Crippen MR) is 113 cm³/mol. The summed E-state index contributed by atoms with van der Waals surface area (Å²) in [7, 11) is -3.51. The first-order chi connectivity index (χ1) is 14.3. The van der Waals surface area contributed by atoms with Crippen LogP contribution in [-0.2, 0) is 21.2 Å². The molecule has 1 heterocycles. The Balaban J connectivity index is 1.56. The molecule has 3 saturated carbocycles. The minimum Gasteiger partial charge on any atom is -0.479 e. The van der Waals surface area contributed by atoms with E-state index >= 15 is 0 Å². The summed E-state index contributed by atoms with van der Waals surface area (Å²) in [6, 6.07) is 0. The standard InChI is InChI=1S/C22H30N2O6S/c1-20-9-12-11-23-24(31(3,29)30)16(12)8-13(20)4-5-14-15-6-7-22(28,19(26)27)21(15,2)10-17(25)18(14)20/h8,11,14-15,17-18,25,28H,4-7,9-10H2,1-3H3,(H,26,27)/t14-,15-,17-,18+,20-,21-,22-/m0/s1. The van der Waals surface area contributed by atoms with Crippen LogP contribution in [0.25, 0.3) is 6.08 Å². The van der Waals surface area contributed by atoms with Gasteiger partial charge in [0.2, 0.25) is 0 Å². The van der Waals surface area contributed by atoms with Gasteiger partial charge in [-0.2, -0.15) is 9.19 Å². The second-order valence-corrected chi connectivity index (χ2v) is 12.5. The molecule has 0 spiro atoms. The van der Waals surface area contributed by atoms with Crippen molar-refractivity contribution in [3.63, 3.8) is 0 Å². The predicted octanol–water partition coefficient (Wildman–Crippen LogP) is 1.66. The number of rotatable bonds is 2. The van der Waals surface area contributed by atoms with Gasteiger partial charge in [-0.25, -0.2) is 13.2 Å². The lowest BCUT2D eigenvalue weighted by molar-refractivity contribution is -0.193. The Labute approximate surface area is 182 Å². The number of aliphatic hydroxyl groups is 2. The van der Waals surface area contributed by atoms with Gasteiger partial charge >= 0.3 is 5.97 Å². The van der Waals surface area contributed by atoms with Gasteiger partial charge in [-0.1, -0.05) is 19.4 Å². The Morgan fingerprint density at radius 2 is 2.00 bits per heavy atom. The van der Waals surface area contributed by atoms with E-state index in [-0.39, 0.29) is 36.0 Å². The lowest BCUT2D eigenvalue weighted by atomic mass is 9.45. The molecule has 0 bridgehead atoms. The molecule has 0 saturated heterocycles. The van der Waals surface area contributed by atoms with E-state index in [1.165, 1.54) is 0 Å². The van der Waals surface area contributed by atoms with Gasteiger partial charge in [0.25, 0.3) is 10.0 Å². The highest BCUT2D eigenvalue weighted by Crippen LogP contribution is 2.67. The lowest BCUT2D eigenvalue weighted by Crippen LogP contribution is -2.61. The molecule has 9 heteroatoms. The fraction of sp³-hybridized carbons (Fsp3) is 0.727. The van der Waals surface area contributed by atoms with Gasteiger partial charge in [0.1, 0.15) is 0 Å². The molecule has 1 aromatic rings. The highest BCUT2D eigenvalue weighted by Gasteiger charge is 2.68. The number of carbonyl (C=O) groups is 1. The van der Waals surface area contributed by atoms with Crippen LogP contribution in [0.4, 0.5) is 0 Å². The van der Waals surface area contributed by atoms with Gasteiger partial charge in [0.15, 0.2) is 5.60 Å². The number of carboxylic acids is 1. The fourth-order valence-corrected chi connectivity index (χ4v) is 8.53. The van der Waals surface area contributed by atoms with E-state index in [2.05, 4.69) is 12.0 Å². The number of nitrogens with zero attached hydrogens (tertiary/aromatic N) is 2. The quantitative estimate of drug-likeness (QED) is 0.625. The van der Waals surface area contributed by atoms with Crippen LogP contribution < -0.4 is 0 Å². The Bertz CT molecular complexity index is 1110. The average Bonchev–Trinajstić information content (AvgIpc) is 3.17. The largest absolute Gasteiger partial charge is 0.479 e. The number of aromatic nitrogens is 2. The van der Waals surface area contributed by atoms with E-state index in [1.807, 2.05) is 13.0 Å². The van der Waals surface area contributed by atoms with Crippen LogP contribution >= 0.6 is 0 Å². The first-order valence-corrected chi connectivity index (χ1v) is 12.8. The molecule has 0 aromatic carbocycles. The fourth-order valence-electron chi connectivity index (χ4n) is 7.78. The number of allylic oxidation sites excluding steroid dienone is 1. The van der Waals surface area contributed by atoms with Crippen molar-refractivity contribution in [3.05, 3.63) is 23.0 Å². The molecule has 0 aliphatic heterocycles. The van der Waals surface area contributed by atoms with Crippen molar-refractivity contribution in [1.29, 1.82) is 0 Å². The van der Waals surface area contributed by atoms with E-state index < -0.39 is 33.1 Å². The molecule has 3 N–H and O–H groups in total. The number of hydrogen-bond donors (Lipinski definition) is 3. The van der Waals surface area contributed by atoms with Crippen molar-refractivity contribution in [3.8, 4) is 0 Å². The van der Waals surface area contributed by atoms with Gasteiger partial charge in [-0.3, -0.25) is 0 Å². The molecular formula is C22H30N2O6S. The summed E-state index contributed by atoms with van der Waals surface area (Å²) in [4.78, 5) is 12.0. The molecule has 4 aliphatic carbocycles. The highest BCUT2D eigenvalue weighted by atomic mass is 32.2. The van der Waals surface area contributed by atoms with E-state index in [0.29, 0.717) is 18.5 Å². The van der Waals surface area contributed by atoms with Crippen molar-refractivity contribution in [2.45, 2.75) is 64.1 Å².